The fourth-order valence-electron chi connectivity index (χ4n) is 3.83. The molecule has 3 aromatic rings. The Labute approximate surface area is 186 Å². The summed E-state index contributed by atoms with van der Waals surface area (Å²) in [6, 6.07) is 6.51. The van der Waals surface area contributed by atoms with E-state index < -0.39 is 18.3 Å². The lowest BCUT2D eigenvalue weighted by Gasteiger charge is -2.27. The Kier molecular flexibility index (Phi) is 6.15. The van der Waals surface area contributed by atoms with E-state index in [0.717, 1.165) is 31.7 Å². The third-order valence-electron chi connectivity index (χ3n) is 5.46. The molecule has 3 heterocycles. The average molecular weight is 458 g/mol. The molecular formula is C21H21F3N8O. The van der Waals surface area contributed by atoms with Crippen LogP contribution in [0.5, 0.6) is 0 Å². The smallest absolute Gasteiger partial charge is 0.380 e. The lowest BCUT2D eigenvalue weighted by Crippen LogP contribution is -2.33. The van der Waals surface area contributed by atoms with E-state index in [2.05, 4.69) is 31.7 Å². The number of nitriles is 1. The van der Waals surface area contributed by atoms with Crippen LogP contribution in [-0.2, 0) is 6.54 Å². The molecule has 0 atom stereocenters. The summed E-state index contributed by atoms with van der Waals surface area (Å²) in [5, 5.41) is 15.7. The normalized spacial score (nSPS) is 18.6. The molecule has 9 nitrogen and oxygen atoms in total. The monoisotopic (exact) mass is 458 g/mol. The van der Waals surface area contributed by atoms with Crippen molar-refractivity contribution < 1.29 is 13.2 Å². The van der Waals surface area contributed by atoms with Crippen LogP contribution in [-0.4, -0.2) is 37.8 Å². The molecule has 0 aromatic carbocycles. The number of nitrogens with zero attached hydrogens (tertiary/aromatic N) is 5. The minimum absolute atomic E-state index is 0.0267. The molecule has 0 unspecified atom stereocenters. The maximum absolute atomic E-state index is 12.8. The standard InChI is InChI=1S/C21H21F3N8O/c22-21(23,24)11-32-18-10-28-20(31-15(18)5-6-19(32)33)30-14-7-16(17(8-25)27-9-14)29-13-3-1-12(26)2-4-13/h5-7,9-10,12-13,29H,1-4,11,26H2,(H,28,30,31). The van der Waals surface area contributed by atoms with Crippen molar-refractivity contribution in [2.75, 3.05) is 10.6 Å². The summed E-state index contributed by atoms with van der Waals surface area (Å²) in [6.07, 6.45) is 1.62. The highest BCUT2D eigenvalue weighted by molar-refractivity contribution is 5.75. The average Bonchev–Trinajstić information content (AvgIpc) is 2.77. The van der Waals surface area contributed by atoms with Gasteiger partial charge in [0.2, 0.25) is 5.95 Å². The largest absolute Gasteiger partial charge is 0.406 e. The van der Waals surface area contributed by atoms with Gasteiger partial charge in [0.15, 0.2) is 5.69 Å². The molecular weight excluding hydrogens is 437 g/mol. The third-order valence-corrected chi connectivity index (χ3v) is 5.46. The van der Waals surface area contributed by atoms with E-state index in [9.17, 15) is 23.2 Å². The highest BCUT2D eigenvalue weighted by Gasteiger charge is 2.29. The van der Waals surface area contributed by atoms with Crippen LogP contribution in [0, 0.1) is 11.3 Å². The molecule has 0 bridgehead atoms. The van der Waals surface area contributed by atoms with Crippen molar-refractivity contribution in [3.05, 3.63) is 46.6 Å². The number of anilines is 3. The maximum Gasteiger partial charge on any atom is 0.406 e. The van der Waals surface area contributed by atoms with E-state index in [1.54, 1.807) is 6.07 Å². The van der Waals surface area contributed by atoms with Gasteiger partial charge >= 0.3 is 6.18 Å². The van der Waals surface area contributed by atoms with Crippen LogP contribution in [0.25, 0.3) is 11.0 Å². The Balaban J connectivity index is 1.58. The van der Waals surface area contributed by atoms with Crippen LogP contribution < -0.4 is 21.9 Å². The molecule has 1 aliphatic rings. The van der Waals surface area contributed by atoms with Gasteiger partial charge in [0.1, 0.15) is 12.6 Å². The first-order valence-corrected chi connectivity index (χ1v) is 10.3. The van der Waals surface area contributed by atoms with Crippen LogP contribution in [0.2, 0.25) is 0 Å². The van der Waals surface area contributed by atoms with Crippen molar-refractivity contribution in [2.24, 2.45) is 5.73 Å². The second kappa shape index (κ2) is 9.03. The molecule has 0 saturated heterocycles. The predicted molar refractivity (Wildman–Crippen MR) is 116 cm³/mol. The Morgan fingerprint density at radius 3 is 2.64 bits per heavy atom. The fraction of sp³-hybridized carbons (Fsp3) is 0.381. The molecule has 172 valence electrons. The molecule has 4 rings (SSSR count). The van der Waals surface area contributed by atoms with Gasteiger partial charge in [-0.1, -0.05) is 0 Å². The van der Waals surface area contributed by atoms with Crippen molar-refractivity contribution in [1.82, 2.24) is 19.5 Å². The SMILES string of the molecule is N#Cc1ncc(Nc2ncc3c(ccc(=O)n3CC(F)(F)F)n2)cc1NC1CCC(N)CC1. The minimum atomic E-state index is -4.56. The van der Waals surface area contributed by atoms with Crippen LogP contribution in [0.15, 0.2) is 35.4 Å². The molecule has 1 aliphatic carbocycles. The van der Waals surface area contributed by atoms with E-state index in [4.69, 9.17) is 5.73 Å². The van der Waals surface area contributed by atoms with E-state index in [1.165, 1.54) is 18.5 Å². The van der Waals surface area contributed by atoms with E-state index in [0.29, 0.717) is 15.9 Å². The van der Waals surface area contributed by atoms with E-state index in [-0.39, 0.29) is 34.8 Å². The van der Waals surface area contributed by atoms with E-state index in [1.807, 2.05) is 0 Å². The molecule has 4 N–H and O–H groups in total. The summed E-state index contributed by atoms with van der Waals surface area (Å²) >= 11 is 0. The zero-order valence-corrected chi connectivity index (χ0v) is 17.4. The number of alkyl halides is 3. The number of rotatable bonds is 5. The van der Waals surface area contributed by atoms with Crippen molar-refractivity contribution in [1.29, 1.82) is 5.26 Å². The van der Waals surface area contributed by atoms with Gasteiger partial charge < -0.3 is 16.4 Å². The number of aromatic nitrogens is 4. The number of nitrogens with two attached hydrogens (primary N) is 1. The second-order valence-electron chi connectivity index (χ2n) is 7.95. The van der Waals surface area contributed by atoms with Gasteiger partial charge in [-0.3, -0.25) is 9.36 Å². The van der Waals surface area contributed by atoms with Gasteiger partial charge in [0, 0.05) is 18.2 Å². The minimum Gasteiger partial charge on any atom is -0.380 e. The lowest BCUT2D eigenvalue weighted by atomic mass is 9.91. The summed E-state index contributed by atoms with van der Waals surface area (Å²) in [5.74, 6) is 0.112. The number of halogens is 3. The first-order chi connectivity index (χ1) is 15.7. The van der Waals surface area contributed by atoms with Crippen LogP contribution >= 0.6 is 0 Å². The van der Waals surface area contributed by atoms with Gasteiger partial charge in [-0.15, -0.1) is 0 Å². The molecule has 1 fully saturated rings. The summed E-state index contributed by atoms with van der Waals surface area (Å²) in [4.78, 5) is 24.4. The number of hydrogen-bond donors (Lipinski definition) is 3. The zero-order valence-electron chi connectivity index (χ0n) is 17.4. The van der Waals surface area contributed by atoms with Crippen molar-refractivity contribution >= 4 is 28.4 Å². The molecule has 12 heteroatoms. The summed E-state index contributed by atoms with van der Waals surface area (Å²) in [7, 11) is 0. The highest BCUT2D eigenvalue weighted by atomic mass is 19.4. The molecule has 0 amide bonds. The molecule has 0 spiro atoms. The van der Waals surface area contributed by atoms with Gasteiger partial charge in [-0.05, 0) is 37.8 Å². The first-order valence-electron chi connectivity index (χ1n) is 10.3. The van der Waals surface area contributed by atoms with Gasteiger partial charge in [-0.25, -0.2) is 15.0 Å². The van der Waals surface area contributed by atoms with Crippen molar-refractivity contribution in [3.63, 3.8) is 0 Å². The Morgan fingerprint density at radius 2 is 1.94 bits per heavy atom. The molecule has 0 aliphatic heterocycles. The molecule has 33 heavy (non-hydrogen) atoms. The topological polar surface area (TPSA) is 135 Å². The van der Waals surface area contributed by atoms with Crippen LogP contribution in [0.3, 0.4) is 0 Å². The maximum atomic E-state index is 12.8. The quantitative estimate of drug-likeness (QED) is 0.531. The van der Waals surface area contributed by atoms with Crippen LogP contribution in [0.4, 0.5) is 30.5 Å². The molecule has 3 aromatic heterocycles. The Morgan fingerprint density at radius 1 is 1.18 bits per heavy atom. The summed E-state index contributed by atoms with van der Waals surface area (Å²) < 4.78 is 39.1. The lowest BCUT2D eigenvalue weighted by molar-refractivity contribution is -0.140. The zero-order chi connectivity index (χ0) is 23.6. The summed E-state index contributed by atoms with van der Waals surface area (Å²) in [6.45, 7) is -1.43. The van der Waals surface area contributed by atoms with Gasteiger partial charge in [0.05, 0.1) is 34.8 Å². The number of fused-ring (bicyclic) bond motifs is 1. The van der Waals surface area contributed by atoms with Gasteiger partial charge in [-0.2, -0.15) is 18.4 Å². The highest BCUT2D eigenvalue weighted by Crippen LogP contribution is 2.26. The van der Waals surface area contributed by atoms with E-state index >= 15 is 0 Å². The third kappa shape index (κ3) is 5.38. The number of hydrogen-bond acceptors (Lipinski definition) is 8. The summed E-state index contributed by atoms with van der Waals surface area (Å²) in [5.41, 5.74) is 6.60. The number of nitrogens with one attached hydrogen (secondary N) is 2. The molecule has 1 saturated carbocycles. The van der Waals surface area contributed by atoms with Crippen molar-refractivity contribution in [2.45, 2.75) is 50.5 Å². The second-order valence-corrected chi connectivity index (χ2v) is 7.95. The Hall–Kier alpha value is -3.72. The predicted octanol–water partition coefficient (Wildman–Crippen LogP) is 3.05. The molecule has 0 radical (unpaired) electrons. The Bertz CT molecular complexity index is 1260. The first kappa shape index (κ1) is 22.5. The van der Waals surface area contributed by atoms with Crippen LogP contribution in [0.1, 0.15) is 31.4 Å². The van der Waals surface area contributed by atoms with Gasteiger partial charge in [0.25, 0.3) is 5.56 Å². The number of pyridine rings is 2. The van der Waals surface area contributed by atoms with Crippen molar-refractivity contribution in [3.8, 4) is 6.07 Å². The fourth-order valence-corrected chi connectivity index (χ4v) is 3.83.